The van der Waals surface area contributed by atoms with Crippen molar-refractivity contribution in [3.8, 4) is 17.1 Å². The summed E-state index contributed by atoms with van der Waals surface area (Å²) < 4.78 is 19.0. The van der Waals surface area contributed by atoms with Crippen LogP contribution in [0.15, 0.2) is 59.2 Å². The summed E-state index contributed by atoms with van der Waals surface area (Å²) in [4.78, 5) is 1.82. The van der Waals surface area contributed by atoms with Gasteiger partial charge in [-0.1, -0.05) is 42.5 Å². The third-order valence-corrected chi connectivity index (χ3v) is 4.74. The molecule has 0 N–H and O–H groups in total. The van der Waals surface area contributed by atoms with E-state index in [2.05, 4.69) is 10.3 Å². The summed E-state index contributed by atoms with van der Waals surface area (Å²) >= 11 is 0. The van der Waals surface area contributed by atoms with Crippen molar-refractivity contribution in [2.24, 2.45) is 0 Å². The van der Waals surface area contributed by atoms with Crippen molar-refractivity contribution in [2.45, 2.75) is 12.3 Å². The molecule has 5 rings (SSSR count). The van der Waals surface area contributed by atoms with Crippen molar-refractivity contribution in [1.82, 2.24) is 15.1 Å². The number of rotatable bonds is 2. The van der Waals surface area contributed by atoms with Gasteiger partial charge in [-0.2, -0.15) is 0 Å². The van der Waals surface area contributed by atoms with Gasteiger partial charge in [-0.3, -0.25) is 4.63 Å². The quantitative estimate of drug-likeness (QED) is 0.397. The average molecular weight is 365 g/mol. The molecule has 1 aliphatic carbocycles. The standard InChI is InChI=1S/C18H12FN5O3/c19-13-8-4-5-9-14(13)22-20-17-16-15(24(26)27-21-16)10-12(18(17)23(22)25)11-6-2-1-3-7-11/h1-9,12H,10H2. The molecule has 134 valence electrons. The van der Waals surface area contributed by atoms with Gasteiger partial charge in [0.05, 0.1) is 16.2 Å². The number of halogens is 1. The van der Waals surface area contributed by atoms with Crippen molar-refractivity contribution in [2.75, 3.05) is 0 Å². The summed E-state index contributed by atoms with van der Waals surface area (Å²) in [5.74, 6) is -1.02. The lowest BCUT2D eigenvalue weighted by molar-refractivity contribution is -0.808. The second-order valence-electron chi connectivity index (χ2n) is 6.24. The predicted octanol–water partition coefficient (Wildman–Crippen LogP) is 1.62. The molecule has 0 fully saturated rings. The lowest BCUT2D eigenvalue weighted by Crippen LogP contribution is -2.43. The molecule has 8 nitrogen and oxygen atoms in total. The van der Waals surface area contributed by atoms with Crippen molar-refractivity contribution in [1.29, 1.82) is 0 Å². The van der Waals surface area contributed by atoms with Gasteiger partial charge in [-0.05, 0) is 27.4 Å². The summed E-state index contributed by atoms with van der Waals surface area (Å²) in [7, 11) is 0. The number of benzene rings is 2. The van der Waals surface area contributed by atoms with Gasteiger partial charge in [0, 0.05) is 6.42 Å². The first kappa shape index (κ1) is 15.5. The van der Waals surface area contributed by atoms with E-state index < -0.39 is 11.7 Å². The maximum atomic E-state index is 14.2. The molecule has 0 saturated heterocycles. The normalized spacial score (nSPS) is 15.4. The largest absolute Gasteiger partial charge is 0.692 e. The van der Waals surface area contributed by atoms with Crippen molar-refractivity contribution < 1.29 is 18.8 Å². The number of fused-ring (bicyclic) bond motifs is 3. The van der Waals surface area contributed by atoms with E-state index in [1.54, 1.807) is 6.07 Å². The molecule has 4 aromatic rings. The Morgan fingerprint density at radius 3 is 2.56 bits per heavy atom. The Bertz CT molecular complexity index is 1160. The Morgan fingerprint density at radius 1 is 1.04 bits per heavy atom. The Hall–Kier alpha value is -3.75. The van der Waals surface area contributed by atoms with Crippen LogP contribution in [0.4, 0.5) is 4.39 Å². The number of para-hydroxylation sites is 1. The van der Waals surface area contributed by atoms with E-state index >= 15 is 0 Å². The van der Waals surface area contributed by atoms with E-state index in [4.69, 9.17) is 4.63 Å². The highest BCUT2D eigenvalue weighted by Gasteiger charge is 2.45. The van der Waals surface area contributed by atoms with Gasteiger partial charge in [0.1, 0.15) is 0 Å². The summed E-state index contributed by atoms with van der Waals surface area (Å²) in [5.41, 5.74) is 1.84. The van der Waals surface area contributed by atoms with Gasteiger partial charge >= 0.3 is 11.4 Å². The van der Waals surface area contributed by atoms with Crippen LogP contribution in [-0.2, 0) is 6.42 Å². The van der Waals surface area contributed by atoms with Crippen molar-refractivity contribution in [3.63, 3.8) is 0 Å². The van der Waals surface area contributed by atoms with Crippen LogP contribution in [0.3, 0.4) is 0 Å². The van der Waals surface area contributed by atoms with Crippen LogP contribution in [0.25, 0.3) is 17.1 Å². The fraction of sp³-hybridized carbons (Fsp3) is 0.111. The molecule has 1 aliphatic rings. The second-order valence-corrected chi connectivity index (χ2v) is 6.24. The minimum atomic E-state index is -0.586. The summed E-state index contributed by atoms with van der Waals surface area (Å²) in [6, 6.07) is 15.1. The van der Waals surface area contributed by atoms with Crippen LogP contribution in [0, 0.1) is 16.2 Å². The van der Waals surface area contributed by atoms with E-state index in [1.807, 2.05) is 30.3 Å². The number of hydrogen-bond acceptors (Lipinski definition) is 5. The zero-order valence-electron chi connectivity index (χ0n) is 13.8. The van der Waals surface area contributed by atoms with Crippen LogP contribution >= 0.6 is 0 Å². The molecule has 0 spiro atoms. The molecule has 1 unspecified atom stereocenters. The third-order valence-electron chi connectivity index (χ3n) is 4.74. The fourth-order valence-electron chi connectivity index (χ4n) is 3.48. The van der Waals surface area contributed by atoms with Gasteiger partial charge in [0.25, 0.3) is 0 Å². The van der Waals surface area contributed by atoms with Crippen LogP contribution in [0.1, 0.15) is 22.9 Å². The molecular formula is C18H12FN5O3. The van der Waals surface area contributed by atoms with Gasteiger partial charge in [-0.25, -0.2) is 4.39 Å². The minimum absolute atomic E-state index is 0.00811. The molecule has 0 radical (unpaired) electrons. The van der Waals surface area contributed by atoms with Crippen molar-refractivity contribution in [3.05, 3.63) is 87.8 Å². The molecule has 0 bridgehead atoms. The first-order valence-electron chi connectivity index (χ1n) is 8.26. The molecule has 2 aromatic carbocycles. The zero-order chi connectivity index (χ0) is 18.5. The number of aromatic nitrogens is 5. The Labute approximate surface area is 151 Å². The monoisotopic (exact) mass is 365 g/mol. The van der Waals surface area contributed by atoms with Crippen LogP contribution < -0.4 is 9.75 Å². The third kappa shape index (κ3) is 2.21. The highest BCUT2D eigenvalue weighted by Crippen LogP contribution is 2.38. The van der Waals surface area contributed by atoms with E-state index in [9.17, 15) is 14.8 Å². The Kier molecular flexibility index (Phi) is 3.23. The fourth-order valence-corrected chi connectivity index (χ4v) is 3.48. The Morgan fingerprint density at radius 2 is 1.78 bits per heavy atom. The molecule has 2 aromatic heterocycles. The average Bonchev–Trinajstić information content (AvgIpc) is 3.23. The SMILES string of the molecule is [O-][n+]1onc2c1CC(c1ccccc1)c1c-2nn(-c2ccccc2F)[n+]1[O-]. The molecule has 0 amide bonds. The molecule has 1 atom stereocenters. The number of hydrogen-bond donors (Lipinski definition) is 0. The van der Waals surface area contributed by atoms with E-state index in [-0.39, 0.29) is 29.2 Å². The second kappa shape index (κ2) is 5.63. The highest BCUT2D eigenvalue weighted by molar-refractivity contribution is 5.62. The molecule has 9 heteroatoms. The smallest absolute Gasteiger partial charge is 0.303 e. The van der Waals surface area contributed by atoms with Gasteiger partial charge in [0.15, 0.2) is 17.2 Å². The molecule has 2 heterocycles. The lowest BCUT2D eigenvalue weighted by Gasteiger charge is -2.18. The molecular weight excluding hydrogens is 353 g/mol. The Balaban J connectivity index is 1.79. The topological polar surface area (TPSA) is 97.7 Å². The first-order valence-corrected chi connectivity index (χ1v) is 8.26. The zero-order valence-corrected chi connectivity index (χ0v) is 13.8. The molecule has 0 aliphatic heterocycles. The van der Waals surface area contributed by atoms with E-state index in [0.717, 1.165) is 10.4 Å². The van der Waals surface area contributed by atoms with Gasteiger partial charge in [-0.15, -0.1) is 4.85 Å². The van der Waals surface area contributed by atoms with Crippen LogP contribution in [-0.4, -0.2) is 15.1 Å². The summed E-state index contributed by atoms with van der Waals surface area (Å²) in [5, 5.41) is 33.1. The van der Waals surface area contributed by atoms with Gasteiger partial charge in [0.2, 0.25) is 5.69 Å². The summed E-state index contributed by atoms with van der Waals surface area (Å²) in [6.45, 7) is 0. The highest BCUT2D eigenvalue weighted by atomic mass is 19.1. The maximum absolute atomic E-state index is 14.2. The van der Waals surface area contributed by atoms with Gasteiger partial charge < -0.3 is 10.4 Å². The molecule has 0 saturated carbocycles. The minimum Gasteiger partial charge on any atom is -0.692 e. The molecule has 27 heavy (non-hydrogen) atoms. The lowest BCUT2D eigenvalue weighted by atomic mass is 9.85. The maximum Gasteiger partial charge on any atom is 0.303 e. The van der Waals surface area contributed by atoms with Crippen molar-refractivity contribution >= 4 is 0 Å². The van der Waals surface area contributed by atoms with E-state index in [1.165, 1.54) is 18.2 Å². The first-order chi connectivity index (χ1) is 13.1. The predicted molar refractivity (Wildman–Crippen MR) is 88.9 cm³/mol. The summed E-state index contributed by atoms with van der Waals surface area (Å²) in [6.07, 6.45) is 0.227. The number of nitrogens with zero attached hydrogens (tertiary/aromatic N) is 5. The van der Waals surface area contributed by atoms with Crippen LogP contribution in [0.5, 0.6) is 0 Å². The van der Waals surface area contributed by atoms with E-state index in [0.29, 0.717) is 15.4 Å². The van der Waals surface area contributed by atoms with Crippen LogP contribution in [0.2, 0.25) is 0 Å².